The van der Waals surface area contributed by atoms with Gasteiger partial charge < -0.3 is 10.1 Å². The first-order valence-electron chi connectivity index (χ1n) is 8.58. The van der Waals surface area contributed by atoms with Crippen molar-refractivity contribution in [2.45, 2.75) is 65.5 Å². The number of ether oxygens (including phenoxy) is 1. The van der Waals surface area contributed by atoms with Crippen LogP contribution >= 0.6 is 0 Å². The molecule has 1 aliphatic rings. The molecule has 1 aliphatic carbocycles. The largest absolute Gasteiger partial charge is 0.490 e. The van der Waals surface area contributed by atoms with E-state index in [1.807, 2.05) is 0 Å². The average Bonchev–Trinajstić information content (AvgIpc) is 2.44. The van der Waals surface area contributed by atoms with Crippen molar-refractivity contribution in [3.05, 3.63) is 29.8 Å². The van der Waals surface area contributed by atoms with Gasteiger partial charge in [0.2, 0.25) is 0 Å². The number of nitrogens with one attached hydrogen (secondary N) is 1. The second kappa shape index (κ2) is 7.84. The van der Waals surface area contributed by atoms with Crippen LogP contribution in [-0.2, 0) is 0 Å². The fourth-order valence-corrected chi connectivity index (χ4v) is 3.50. The minimum absolute atomic E-state index is 0.387. The van der Waals surface area contributed by atoms with E-state index in [2.05, 4.69) is 57.3 Å². The molecule has 2 heteroatoms. The summed E-state index contributed by atoms with van der Waals surface area (Å²) in [5.74, 6) is 2.60. The zero-order valence-corrected chi connectivity index (χ0v) is 14.1. The Labute approximate surface area is 130 Å². The van der Waals surface area contributed by atoms with Crippen molar-refractivity contribution in [2.75, 3.05) is 6.54 Å². The van der Waals surface area contributed by atoms with Gasteiger partial charge in [-0.05, 0) is 68.7 Å². The minimum atomic E-state index is 0.387. The van der Waals surface area contributed by atoms with Crippen LogP contribution < -0.4 is 10.1 Å². The van der Waals surface area contributed by atoms with Gasteiger partial charge in [-0.1, -0.05) is 32.9 Å². The Morgan fingerprint density at radius 3 is 2.57 bits per heavy atom. The van der Waals surface area contributed by atoms with E-state index in [-0.39, 0.29) is 0 Å². The second-order valence-electron chi connectivity index (χ2n) is 6.91. The predicted molar refractivity (Wildman–Crippen MR) is 89.7 cm³/mol. The smallest absolute Gasteiger partial charge is 0.120 e. The third kappa shape index (κ3) is 5.03. The van der Waals surface area contributed by atoms with Crippen LogP contribution in [0, 0.1) is 11.8 Å². The summed E-state index contributed by atoms with van der Waals surface area (Å²) in [5.41, 5.74) is 1.32. The van der Waals surface area contributed by atoms with E-state index in [4.69, 9.17) is 4.74 Å². The van der Waals surface area contributed by atoms with Gasteiger partial charge in [0.05, 0.1) is 6.10 Å². The fourth-order valence-electron chi connectivity index (χ4n) is 3.50. The first-order valence-corrected chi connectivity index (χ1v) is 8.58. The van der Waals surface area contributed by atoms with Gasteiger partial charge in [-0.15, -0.1) is 0 Å². The molecule has 1 aromatic carbocycles. The first-order chi connectivity index (χ1) is 10.1. The highest BCUT2D eigenvalue weighted by Crippen LogP contribution is 2.31. The van der Waals surface area contributed by atoms with Gasteiger partial charge in [-0.25, -0.2) is 0 Å². The van der Waals surface area contributed by atoms with Crippen LogP contribution in [0.25, 0.3) is 0 Å². The molecule has 3 atom stereocenters. The Kier molecular flexibility index (Phi) is 6.10. The Balaban J connectivity index is 1.97. The number of hydrogen-bond acceptors (Lipinski definition) is 2. The molecule has 1 saturated carbocycles. The molecule has 3 unspecified atom stereocenters. The van der Waals surface area contributed by atoms with Crippen LogP contribution in [0.5, 0.6) is 5.75 Å². The van der Waals surface area contributed by atoms with E-state index in [9.17, 15) is 0 Å². The lowest BCUT2D eigenvalue weighted by Gasteiger charge is -2.31. The van der Waals surface area contributed by atoms with E-state index in [1.54, 1.807) is 0 Å². The van der Waals surface area contributed by atoms with E-state index < -0.39 is 0 Å². The number of benzene rings is 1. The third-order valence-electron chi connectivity index (χ3n) is 4.50. The molecule has 0 aliphatic heterocycles. The Morgan fingerprint density at radius 2 is 1.90 bits per heavy atom. The van der Waals surface area contributed by atoms with Crippen LogP contribution in [-0.4, -0.2) is 12.6 Å². The van der Waals surface area contributed by atoms with Crippen LogP contribution in [0.15, 0.2) is 24.3 Å². The molecule has 0 saturated heterocycles. The summed E-state index contributed by atoms with van der Waals surface area (Å²) in [6, 6.07) is 8.99. The Bertz CT molecular complexity index is 421. The molecule has 1 aromatic rings. The summed E-state index contributed by atoms with van der Waals surface area (Å²) in [4.78, 5) is 0. The molecule has 21 heavy (non-hydrogen) atoms. The predicted octanol–water partition coefficient (Wildman–Crippen LogP) is 4.95. The van der Waals surface area contributed by atoms with Crippen molar-refractivity contribution in [3.8, 4) is 5.75 Å². The van der Waals surface area contributed by atoms with E-state index in [0.717, 1.165) is 24.1 Å². The summed E-state index contributed by atoms with van der Waals surface area (Å²) in [6.07, 6.45) is 5.28. The maximum atomic E-state index is 6.26. The molecule has 0 amide bonds. The van der Waals surface area contributed by atoms with E-state index in [0.29, 0.717) is 12.1 Å². The third-order valence-corrected chi connectivity index (χ3v) is 4.50. The Hall–Kier alpha value is -1.02. The van der Waals surface area contributed by atoms with Crippen LogP contribution in [0.3, 0.4) is 0 Å². The van der Waals surface area contributed by atoms with Crippen molar-refractivity contribution in [2.24, 2.45) is 11.8 Å². The standard InChI is InChI=1S/C19H31NO/c1-5-9-20-16(4)17-7-6-8-18(13-17)21-19-11-14(2)10-15(3)12-19/h6-8,13-16,19-20H,5,9-12H2,1-4H3. The zero-order chi connectivity index (χ0) is 15.2. The zero-order valence-electron chi connectivity index (χ0n) is 14.1. The molecule has 0 aromatic heterocycles. The van der Waals surface area contributed by atoms with Crippen LogP contribution in [0.4, 0.5) is 0 Å². The molecule has 1 N–H and O–H groups in total. The highest BCUT2D eigenvalue weighted by atomic mass is 16.5. The lowest BCUT2D eigenvalue weighted by molar-refractivity contribution is 0.101. The summed E-state index contributed by atoms with van der Waals surface area (Å²) in [5, 5.41) is 3.54. The van der Waals surface area contributed by atoms with Gasteiger partial charge in [0.1, 0.15) is 5.75 Å². The molecular formula is C19H31NO. The highest BCUT2D eigenvalue weighted by Gasteiger charge is 2.25. The summed E-state index contributed by atoms with van der Waals surface area (Å²) < 4.78 is 6.26. The van der Waals surface area contributed by atoms with E-state index >= 15 is 0 Å². The molecule has 0 heterocycles. The summed E-state index contributed by atoms with van der Waals surface area (Å²) >= 11 is 0. The molecule has 2 nitrogen and oxygen atoms in total. The second-order valence-corrected chi connectivity index (χ2v) is 6.91. The molecule has 118 valence electrons. The molecular weight excluding hydrogens is 258 g/mol. The van der Waals surface area contributed by atoms with Crippen molar-refractivity contribution < 1.29 is 4.74 Å². The maximum Gasteiger partial charge on any atom is 0.120 e. The van der Waals surface area contributed by atoms with Crippen molar-refractivity contribution >= 4 is 0 Å². The molecule has 0 spiro atoms. The maximum absolute atomic E-state index is 6.26. The molecule has 1 fully saturated rings. The Morgan fingerprint density at radius 1 is 1.19 bits per heavy atom. The van der Waals surface area contributed by atoms with Crippen molar-refractivity contribution in [1.29, 1.82) is 0 Å². The van der Waals surface area contributed by atoms with Crippen LogP contribution in [0.2, 0.25) is 0 Å². The SMILES string of the molecule is CCCNC(C)c1cccc(OC2CC(C)CC(C)C2)c1. The van der Waals surface area contributed by atoms with E-state index in [1.165, 1.54) is 31.2 Å². The topological polar surface area (TPSA) is 21.3 Å². The quantitative estimate of drug-likeness (QED) is 0.800. The first kappa shape index (κ1) is 16.4. The normalized spacial score (nSPS) is 27.3. The molecule has 2 rings (SSSR count). The highest BCUT2D eigenvalue weighted by molar-refractivity contribution is 5.30. The molecule has 0 bridgehead atoms. The minimum Gasteiger partial charge on any atom is -0.490 e. The monoisotopic (exact) mass is 289 g/mol. The van der Waals surface area contributed by atoms with Crippen molar-refractivity contribution in [1.82, 2.24) is 5.32 Å². The number of hydrogen-bond donors (Lipinski definition) is 1. The van der Waals surface area contributed by atoms with Crippen LogP contribution in [0.1, 0.15) is 65.0 Å². The lowest BCUT2D eigenvalue weighted by Crippen LogP contribution is -2.28. The van der Waals surface area contributed by atoms with Gasteiger partial charge in [-0.3, -0.25) is 0 Å². The van der Waals surface area contributed by atoms with Gasteiger partial charge >= 0.3 is 0 Å². The van der Waals surface area contributed by atoms with Gasteiger partial charge in [0, 0.05) is 6.04 Å². The fraction of sp³-hybridized carbons (Fsp3) is 0.684. The van der Waals surface area contributed by atoms with Crippen molar-refractivity contribution in [3.63, 3.8) is 0 Å². The average molecular weight is 289 g/mol. The van der Waals surface area contributed by atoms with Gasteiger partial charge in [-0.2, -0.15) is 0 Å². The van der Waals surface area contributed by atoms with Gasteiger partial charge in [0.25, 0.3) is 0 Å². The summed E-state index contributed by atoms with van der Waals surface area (Å²) in [7, 11) is 0. The molecule has 0 radical (unpaired) electrons. The van der Waals surface area contributed by atoms with Gasteiger partial charge in [0.15, 0.2) is 0 Å². The summed E-state index contributed by atoms with van der Waals surface area (Å²) in [6.45, 7) is 10.2. The lowest BCUT2D eigenvalue weighted by atomic mass is 9.82. The number of rotatable bonds is 6.